The number of nitrogens with one attached hydrogen (secondary N) is 1. The van der Waals surface area contributed by atoms with Gasteiger partial charge in [-0.3, -0.25) is 14.9 Å². The molecule has 0 aliphatic heterocycles. The summed E-state index contributed by atoms with van der Waals surface area (Å²) in [6, 6.07) is 0. The molecule has 1 aliphatic rings. The topological polar surface area (TPSA) is 97.1 Å². The predicted octanol–water partition coefficient (Wildman–Crippen LogP) is 1.50. The number of anilines is 1. The summed E-state index contributed by atoms with van der Waals surface area (Å²) in [6.07, 6.45) is 3.22. The fourth-order valence-corrected chi connectivity index (χ4v) is 3.13. The Morgan fingerprint density at radius 3 is 2.62 bits per heavy atom. The fraction of sp³-hybridized carbons (Fsp3) is 0.375. The Bertz CT molecular complexity index is 888. The van der Waals surface area contributed by atoms with Crippen LogP contribution in [0.15, 0.2) is 17.2 Å². The maximum absolute atomic E-state index is 12.8. The first-order chi connectivity index (χ1) is 11.2. The van der Waals surface area contributed by atoms with Crippen LogP contribution in [0.5, 0.6) is 5.75 Å². The highest BCUT2D eigenvalue weighted by Crippen LogP contribution is 2.43. The Morgan fingerprint density at radius 2 is 2.00 bits per heavy atom. The summed E-state index contributed by atoms with van der Waals surface area (Å²) in [6.45, 7) is 3.90. The predicted molar refractivity (Wildman–Crippen MR) is 84.6 cm³/mol. The van der Waals surface area contributed by atoms with Crippen LogP contribution in [-0.4, -0.2) is 25.5 Å². The largest absolute Gasteiger partial charge is 0.507 e. The molecule has 0 spiro atoms. The number of hydrogen-bond acceptors (Lipinski definition) is 5. The molecule has 0 fully saturated rings. The number of rotatable bonds is 2. The minimum absolute atomic E-state index is 0.150. The molecule has 0 saturated heterocycles. The molecule has 126 valence electrons. The van der Waals surface area contributed by atoms with Crippen molar-refractivity contribution in [1.82, 2.24) is 14.5 Å². The third-order valence-electron chi connectivity index (χ3n) is 4.42. The van der Waals surface area contributed by atoms with Gasteiger partial charge in [-0.15, -0.1) is 0 Å². The second-order valence-electron chi connectivity index (χ2n) is 6.47. The molecule has 0 bridgehead atoms. The zero-order valence-electron chi connectivity index (χ0n) is 13.6. The SMILES string of the molecule is Cn1c2c(c(O)c(C(=O)Nc3ncc(F)cn3)c1=O)C(C)(C)CC2. The lowest BCUT2D eigenvalue weighted by atomic mass is 9.85. The molecule has 2 aromatic rings. The van der Waals surface area contributed by atoms with Crippen molar-refractivity contribution in [3.8, 4) is 5.75 Å². The molecule has 2 N–H and O–H groups in total. The second-order valence-corrected chi connectivity index (χ2v) is 6.47. The first kappa shape index (κ1) is 16.1. The maximum atomic E-state index is 12.8. The number of carbonyl (C=O) groups is 1. The van der Waals surface area contributed by atoms with Gasteiger partial charge in [0.2, 0.25) is 5.95 Å². The van der Waals surface area contributed by atoms with Gasteiger partial charge < -0.3 is 9.67 Å². The zero-order chi connectivity index (χ0) is 17.6. The van der Waals surface area contributed by atoms with E-state index in [4.69, 9.17) is 0 Å². The highest BCUT2D eigenvalue weighted by Gasteiger charge is 2.37. The summed E-state index contributed by atoms with van der Waals surface area (Å²) >= 11 is 0. The standard InChI is InChI=1S/C16H17FN4O3/c1-16(2)5-4-9-11(16)12(22)10(14(24)21(9)3)13(23)20-15-18-6-8(17)7-19-15/h6-7,22H,4-5H2,1-3H3,(H,18,19,20,23). The molecule has 1 aliphatic carbocycles. The van der Waals surface area contributed by atoms with Gasteiger partial charge in [-0.25, -0.2) is 14.4 Å². The van der Waals surface area contributed by atoms with Gasteiger partial charge in [0.25, 0.3) is 11.5 Å². The van der Waals surface area contributed by atoms with Gasteiger partial charge in [0.05, 0.1) is 12.4 Å². The molecule has 1 amide bonds. The lowest BCUT2D eigenvalue weighted by Crippen LogP contribution is -2.31. The van der Waals surface area contributed by atoms with E-state index in [-0.39, 0.29) is 22.7 Å². The van der Waals surface area contributed by atoms with E-state index in [2.05, 4.69) is 15.3 Å². The molecular formula is C16H17FN4O3. The van der Waals surface area contributed by atoms with Crippen molar-refractivity contribution in [3.63, 3.8) is 0 Å². The van der Waals surface area contributed by atoms with Crippen molar-refractivity contribution in [2.75, 3.05) is 5.32 Å². The molecule has 0 radical (unpaired) electrons. The van der Waals surface area contributed by atoms with Crippen LogP contribution in [0.25, 0.3) is 0 Å². The number of hydrogen-bond donors (Lipinski definition) is 2. The lowest BCUT2D eigenvalue weighted by Gasteiger charge is -2.22. The number of amides is 1. The van der Waals surface area contributed by atoms with Gasteiger partial charge in [-0.05, 0) is 18.3 Å². The number of carbonyl (C=O) groups excluding carboxylic acids is 1. The average molecular weight is 332 g/mol. The summed E-state index contributed by atoms with van der Waals surface area (Å²) in [4.78, 5) is 32.2. The zero-order valence-corrected chi connectivity index (χ0v) is 13.6. The summed E-state index contributed by atoms with van der Waals surface area (Å²) in [7, 11) is 1.58. The molecule has 0 unspecified atom stereocenters. The van der Waals surface area contributed by atoms with Gasteiger partial charge >= 0.3 is 0 Å². The van der Waals surface area contributed by atoms with Crippen molar-refractivity contribution in [2.24, 2.45) is 7.05 Å². The van der Waals surface area contributed by atoms with E-state index in [1.165, 1.54) is 4.57 Å². The Labute approximate surface area is 137 Å². The number of fused-ring (bicyclic) bond motifs is 1. The van der Waals surface area contributed by atoms with Crippen LogP contribution in [0.1, 0.15) is 41.9 Å². The molecule has 8 heteroatoms. The number of nitrogens with zero attached hydrogens (tertiary/aromatic N) is 3. The normalized spacial score (nSPS) is 15.2. The quantitative estimate of drug-likeness (QED) is 0.868. The van der Waals surface area contributed by atoms with E-state index in [0.29, 0.717) is 12.0 Å². The summed E-state index contributed by atoms with van der Waals surface area (Å²) in [5.41, 5.74) is 0.0429. The average Bonchev–Trinajstić information content (AvgIpc) is 2.83. The van der Waals surface area contributed by atoms with E-state index in [1.807, 2.05) is 13.8 Å². The van der Waals surface area contributed by atoms with E-state index in [9.17, 15) is 19.1 Å². The Kier molecular flexibility index (Phi) is 3.62. The maximum Gasteiger partial charge on any atom is 0.267 e. The number of aromatic nitrogens is 3. The smallest absolute Gasteiger partial charge is 0.267 e. The van der Waals surface area contributed by atoms with Crippen LogP contribution in [0, 0.1) is 5.82 Å². The summed E-state index contributed by atoms with van der Waals surface area (Å²) in [5.74, 6) is -1.94. The highest BCUT2D eigenvalue weighted by molar-refractivity contribution is 6.05. The molecule has 0 aromatic carbocycles. The Balaban J connectivity index is 2.08. The monoisotopic (exact) mass is 332 g/mol. The van der Waals surface area contributed by atoms with Crippen molar-refractivity contribution in [2.45, 2.75) is 32.1 Å². The number of aromatic hydroxyl groups is 1. The molecule has 0 atom stereocenters. The van der Waals surface area contributed by atoms with Gasteiger partial charge in [0.1, 0.15) is 11.3 Å². The van der Waals surface area contributed by atoms with Crippen LogP contribution < -0.4 is 10.9 Å². The van der Waals surface area contributed by atoms with Crippen LogP contribution >= 0.6 is 0 Å². The van der Waals surface area contributed by atoms with Crippen molar-refractivity contribution in [1.29, 1.82) is 0 Å². The third-order valence-corrected chi connectivity index (χ3v) is 4.42. The first-order valence-corrected chi connectivity index (χ1v) is 7.46. The lowest BCUT2D eigenvalue weighted by molar-refractivity contribution is 0.102. The van der Waals surface area contributed by atoms with Gasteiger partial charge in [0.15, 0.2) is 5.82 Å². The molecule has 2 aromatic heterocycles. The second kappa shape index (κ2) is 5.40. The van der Waals surface area contributed by atoms with E-state index >= 15 is 0 Å². The molecule has 0 saturated carbocycles. The summed E-state index contributed by atoms with van der Waals surface area (Å²) < 4.78 is 14.2. The van der Waals surface area contributed by atoms with Crippen LogP contribution in [0.3, 0.4) is 0 Å². The van der Waals surface area contributed by atoms with Crippen LogP contribution in [-0.2, 0) is 18.9 Å². The molecule has 2 heterocycles. The van der Waals surface area contributed by atoms with Gasteiger partial charge in [0, 0.05) is 18.3 Å². The fourth-order valence-electron chi connectivity index (χ4n) is 3.13. The molecular weight excluding hydrogens is 315 g/mol. The number of pyridine rings is 1. The minimum atomic E-state index is -0.829. The van der Waals surface area contributed by atoms with Crippen molar-refractivity contribution in [3.05, 3.63) is 45.4 Å². The highest BCUT2D eigenvalue weighted by atomic mass is 19.1. The Hall–Kier alpha value is -2.77. The van der Waals surface area contributed by atoms with Gasteiger partial charge in [-0.1, -0.05) is 13.8 Å². The van der Waals surface area contributed by atoms with Gasteiger partial charge in [-0.2, -0.15) is 0 Å². The molecule has 7 nitrogen and oxygen atoms in total. The Morgan fingerprint density at radius 1 is 1.38 bits per heavy atom. The van der Waals surface area contributed by atoms with E-state index in [0.717, 1.165) is 24.5 Å². The minimum Gasteiger partial charge on any atom is -0.507 e. The number of halogens is 1. The first-order valence-electron chi connectivity index (χ1n) is 7.46. The van der Waals surface area contributed by atoms with Crippen LogP contribution in [0.2, 0.25) is 0 Å². The van der Waals surface area contributed by atoms with E-state index in [1.54, 1.807) is 7.05 Å². The van der Waals surface area contributed by atoms with Crippen molar-refractivity contribution < 1.29 is 14.3 Å². The van der Waals surface area contributed by atoms with E-state index < -0.39 is 17.3 Å². The molecule has 24 heavy (non-hydrogen) atoms. The molecule has 3 rings (SSSR count). The summed E-state index contributed by atoms with van der Waals surface area (Å²) in [5, 5.41) is 12.9. The third kappa shape index (κ3) is 2.44. The van der Waals surface area contributed by atoms with Crippen molar-refractivity contribution >= 4 is 11.9 Å². The van der Waals surface area contributed by atoms with Crippen LogP contribution in [0.4, 0.5) is 10.3 Å².